The third-order valence-corrected chi connectivity index (χ3v) is 4.28. The van der Waals surface area contributed by atoms with Gasteiger partial charge in [-0.05, 0) is 36.4 Å². The van der Waals surface area contributed by atoms with Gasteiger partial charge in [0.15, 0.2) is 11.5 Å². The Balaban J connectivity index is 1.43. The summed E-state index contributed by atoms with van der Waals surface area (Å²) in [6.45, 7) is 0.326. The molecule has 30 heavy (non-hydrogen) atoms. The fourth-order valence-corrected chi connectivity index (χ4v) is 2.86. The van der Waals surface area contributed by atoms with Crippen LogP contribution in [0.15, 0.2) is 54.6 Å². The third kappa shape index (κ3) is 3.79. The molecule has 0 aliphatic rings. The van der Waals surface area contributed by atoms with Crippen molar-refractivity contribution in [2.45, 2.75) is 0 Å². The molecule has 0 saturated carbocycles. The van der Waals surface area contributed by atoms with Gasteiger partial charge in [-0.3, -0.25) is 4.79 Å². The van der Waals surface area contributed by atoms with Crippen molar-refractivity contribution in [1.82, 2.24) is 25.1 Å². The monoisotopic (exact) mass is 412 g/mol. The van der Waals surface area contributed by atoms with Gasteiger partial charge in [0.2, 0.25) is 0 Å². The quantitative estimate of drug-likeness (QED) is 0.476. The van der Waals surface area contributed by atoms with E-state index < -0.39 is 28.9 Å². The SMILES string of the molecule is O=C(NCCNc1ccc2nnc(-c3ccccc3F)n2n1)c1c(F)cccc1F. The zero-order chi connectivity index (χ0) is 21.1. The highest BCUT2D eigenvalue weighted by molar-refractivity contribution is 5.94. The number of hydrogen-bond acceptors (Lipinski definition) is 5. The number of anilines is 1. The van der Waals surface area contributed by atoms with Gasteiger partial charge < -0.3 is 10.6 Å². The number of carbonyl (C=O) groups excluding carboxylic acids is 1. The lowest BCUT2D eigenvalue weighted by atomic mass is 10.2. The minimum Gasteiger partial charge on any atom is -0.367 e. The van der Waals surface area contributed by atoms with Crippen molar-refractivity contribution in [3.63, 3.8) is 0 Å². The van der Waals surface area contributed by atoms with E-state index in [1.165, 1.54) is 16.6 Å². The van der Waals surface area contributed by atoms with Crippen molar-refractivity contribution in [2.75, 3.05) is 18.4 Å². The summed E-state index contributed by atoms with van der Waals surface area (Å²) in [5.74, 6) is -2.49. The smallest absolute Gasteiger partial charge is 0.257 e. The minimum atomic E-state index is -0.930. The number of hydrogen-bond donors (Lipinski definition) is 2. The maximum Gasteiger partial charge on any atom is 0.257 e. The number of nitrogens with one attached hydrogen (secondary N) is 2. The molecule has 0 atom stereocenters. The van der Waals surface area contributed by atoms with Crippen molar-refractivity contribution in [2.24, 2.45) is 0 Å². The van der Waals surface area contributed by atoms with Gasteiger partial charge in [0.1, 0.15) is 28.8 Å². The van der Waals surface area contributed by atoms with Crippen LogP contribution in [-0.2, 0) is 0 Å². The van der Waals surface area contributed by atoms with E-state index >= 15 is 0 Å². The summed E-state index contributed by atoms with van der Waals surface area (Å²) in [6.07, 6.45) is 0. The van der Waals surface area contributed by atoms with Crippen LogP contribution in [0.2, 0.25) is 0 Å². The molecule has 2 N–H and O–H groups in total. The topological polar surface area (TPSA) is 84.2 Å². The predicted molar refractivity (Wildman–Crippen MR) is 103 cm³/mol. The van der Waals surface area contributed by atoms with Crippen LogP contribution in [0.25, 0.3) is 17.0 Å². The number of rotatable bonds is 6. The van der Waals surface area contributed by atoms with Gasteiger partial charge in [0.05, 0.1) is 5.56 Å². The number of halogens is 3. The molecule has 4 aromatic rings. The number of carbonyl (C=O) groups is 1. The lowest BCUT2D eigenvalue weighted by Gasteiger charge is -2.09. The van der Waals surface area contributed by atoms with E-state index in [2.05, 4.69) is 25.9 Å². The molecule has 2 heterocycles. The molecule has 0 unspecified atom stereocenters. The van der Waals surface area contributed by atoms with E-state index in [-0.39, 0.29) is 24.5 Å². The molecule has 0 saturated heterocycles. The van der Waals surface area contributed by atoms with E-state index in [1.807, 2.05) is 0 Å². The first-order valence-corrected chi connectivity index (χ1v) is 8.98. The van der Waals surface area contributed by atoms with Gasteiger partial charge in [0, 0.05) is 13.1 Å². The van der Waals surface area contributed by atoms with Gasteiger partial charge in [-0.25, -0.2) is 13.2 Å². The van der Waals surface area contributed by atoms with E-state index in [0.717, 1.165) is 12.1 Å². The van der Waals surface area contributed by atoms with Crippen LogP contribution in [-0.4, -0.2) is 38.8 Å². The molecule has 2 aromatic carbocycles. The summed E-state index contributed by atoms with van der Waals surface area (Å²) in [7, 11) is 0. The zero-order valence-corrected chi connectivity index (χ0v) is 15.4. The number of aromatic nitrogens is 4. The van der Waals surface area contributed by atoms with E-state index in [0.29, 0.717) is 11.5 Å². The van der Waals surface area contributed by atoms with Crippen LogP contribution in [0.5, 0.6) is 0 Å². The van der Waals surface area contributed by atoms with Gasteiger partial charge in [0.25, 0.3) is 5.91 Å². The average Bonchev–Trinajstić information content (AvgIpc) is 3.14. The summed E-state index contributed by atoms with van der Waals surface area (Å²) in [6, 6.07) is 12.7. The number of nitrogens with zero attached hydrogens (tertiary/aromatic N) is 4. The van der Waals surface area contributed by atoms with Gasteiger partial charge in [-0.15, -0.1) is 15.3 Å². The lowest BCUT2D eigenvalue weighted by molar-refractivity contribution is 0.0946. The second kappa shape index (κ2) is 8.19. The summed E-state index contributed by atoms with van der Waals surface area (Å²) < 4.78 is 42.7. The van der Waals surface area contributed by atoms with Crippen molar-refractivity contribution >= 4 is 17.4 Å². The maximum absolute atomic E-state index is 14.1. The maximum atomic E-state index is 14.1. The van der Waals surface area contributed by atoms with Gasteiger partial charge in [-0.1, -0.05) is 18.2 Å². The molecule has 0 radical (unpaired) electrons. The second-order valence-electron chi connectivity index (χ2n) is 6.27. The minimum absolute atomic E-state index is 0.0919. The Bertz CT molecular complexity index is 1210. The molecule has 1 amide bonds. The van der Waals surface area contributed by atoms with Crippen LogP contribution in [0, 0.1) is 17.5 Å². The molecule has 0 aliphatic carbocycles. The molecule has 152 valence electrons. The summed E-state index contributed by atoms with van der Waals surface area (Å²) in [5, 5.41) is 17.7. The first kappa shape index (κ1) is 19.4. The molecule has 0 aliphatic heterocycles. The van der Waals surface area contributed by atoms with Crippen LogP contribution in [0.3, 0.4) is 0 Å². The van der Waals surface area contributed by atoms with E-state index in [1.54, 1.807) is 30.3 Å². The molecule has 7 nitrogen and oxygen atoms in total. The molecule has 0 bridgehead atoms. The Morgan fingerprint density at radius 3 is 2.37 bits per heavy atom. The predicted octanol–water partition coefficient (Wildman–Crippen LogP) is 3.05. The largest absolute Gasteiger partial charge is 0.367 e. The molecule has 0 fully saturated rings. The standard InChI is InChI=1S/C20H15F3N6O/c21-13-5-2-1-4-12(13)19-27-26-17-9-8-16(28-29(17)19)24-10-11-25-20(30)18-14(22)6-3-7-15(18)23/h1-9H,10-11H2,(H,24,28)(H,25,30). The zero-order valence-electron chi connectivity index (χ0n) is 15.4. The summed E-state index contributed by atoms with van der Waals surface area (Å²) in [5.41, 5.74) is 0.0621. The number of benzene rings is 2. The lowest BCUT2D eigenvalue weighted by Crippen LogP contribution is -2.30. The van der Waals surface area contributed by atoms with Crippen LogP contribution < -0.4 is 10.6 Å². The molecule has 2 aromatic heterocycles. The Labute approximate surface area is 168 Å². The van der Waals surface area contributed by atoms with Crippen molar-refractivity contribution in [3.8, 4) is 11.4 Å². The van der Waals surface area contributed by atoms with Gasteiger partial charge in [-0.2, -0.15) is 4.52 Å². The van der Waals surface area contributed by atoms with Crippen molar-refractivity contribution in [3.05, 3.63) is 77.6 Å². The number of fused-ring (bicyclic) bond motifs is 1. The molecule has 4 rings (SSSR count). The Morgan fingerprint density at radius 2 is 1.60 bits per heavy atom. The molecule has 10 heteroatoms. The van der Waals surface area contributed by atoms with Gasteiger partial charge >= 0.3 is 0 Å². The van der Waals surface area contributed by atoms with Crippen LogP contribution >= 0.6 is 0 Å². The second-order valence-corrected chi connectivity index (χ2v) is 6.27. The Morgan fingerprint density at radius 1 is 0.867 bits per heavy atom. The normalized spacial score (nSPS) is 10.9. The van der Waals surface area contributed by atoms with Crippen molar-refractivity contribution in [1.29, 1.82) is 0 Å². The average molecular weight is 412 g/mol. The van der Waals surface area contributed by atoms with Crippen molar-refractivity contribution < 1.29 is 18.0 Å². The summed E-state index contributed by atoms with van der Waals surface area (Å²) in [4.78, 5) is 12.0. The number of amides is 1. The van der Waals surface area contributed by atoms with E-state index in [9.17, 15) is 18.0 Å². The summed E-state index contributed by atoms with van der Waals surface area (Å²) >= 11 is 0. The Hall–Kier alpha value is -3.95. The first-order valence-electron chi connectivity index (χ1n) is 8.98. The first-order chi connectivity index (χ1) is 14.5. The fraction of sp³-hybridized carbons (Fsp3) is 0.100. The molecular weight excluding hydrogens is 397 g/mol. The highest BCUT2D eigenvalue weighted by atomic mass is 19.1. The Kier molecular flexibility index (Phi) is 5.29. The van der Waals surface area contributed by atoms with Crippen LogP contribution in [0.1, 0.15) is 10.4 Å². The molecule has 0 spiro atoms. The fourth-order valence-electron chi connectivity index (χ4n) is 2.86. The highest BCUT2D eigenvalue weighted by Gasteiger charge is 2.16. The van der Waals surface area contributed by atoms with Crippen LogP contribution in [0.4, 0.5) is 19.0 Å². The van der Waals surface area contributed by atoms with E-state index in [4.69, 9.17) is 0 Å². The molecular formula is C20H15F3N6O. The highest BCUT2D eigenvalue weighted by Crippen LogP contribution is 2.21. The third-order valence-electron chi connectivity index (χ3n) is 4.28.